The Labute approximate surface area is 184 Å². The maximum absolute atomic E-state index is 13.9. The maximum Gasteiger partial charge on any atom is 0.253 e. The second-order valence-corrected chi connectivity index (χ2v) is 8.00. The molecule has 1 aromatic heterocycles. The fourth-order valence-corrected chi connectivity index (χ4v) is 4.02. The number of amides is 2. The largest absolute Gasteiger partial charge is 0.349 e. The third kappa shape index (κ3) is 4.94. The van der Waals surface area contributed by atoms with Crippen molar-refractivity contribution in [2.75, 3.05) is 5.32 Å². The molecule has 2 N–H and O–H groups in total. The van der Waals surface area contributed by atoms with Gasteiger partial charge in [0, 0.05) is 24.2 Å². The minimum Gasteiger partial charge on any atom is -0.349 e. The van der Waals surface area contributed by atoms with Gasteiger partial charge < -0.3 is 10.6 Å². The quantitative estimate of drug-likeness (QED) is 0.609. The smallest absolute Gasteiger partial charge is 0.253 e. The van der Waals surface area contributed by atoms with Crippen LogP contribution >= 0.6 is 11.6 Å². The molecule has 1 aliphatic carbocycles. The molecule has 0 atom stereocenters. The first-order valence-corrected chi connectivity index (χ1v) is 10.6. The Hall–Kier alpha value is -3.19. The molecule has 1 fully saturated rings. The van der Waals surface area contributed by atoms with Crippen molar-refractivity contribution in [3.05, 3.63) is 77.2 Å². The van der Waals surface area contributed by atoms with Crippen molar-refractivity contribution in [1.29, 1.82) is 0 Å². The summed E-state index contributed by atoms with van der Waals surface area (Å²) in [6.07, 6.45) is 4.34. The zero-order valence-corrected chi connectivity index (χ0v) is 17.5. The van der Waals surface area contributed by atoms with Gasteiger partial charge in [-0.2, -0.15) is 0 Å². The third-order valence-corrected chi connectivity index (χ3v) is 5.82. The summed E-state index contributed by atoms with van der Waals surface area (Å²) >= 11 is 6.09. The van der Waals surface area contributed by atoms with Crippen LogP contribution in [0.1, 0.15) is 36.0 Å². The lowest BCUT2D eigenvalue weighted by Gasteiger charge is -2.28. The second-order valence-electron chi connectivity index (χ2n) is 7.59. The van der Waals surface area contributed by atoms with E-state index in [-0.39, 0.29) is 29.6 Å². The van der Waals surface area contributed by atoms with E-state index in [9.17, 15) is 14.0 Å². The molecule has 0 unspecified atom stereocenters. The van der Waals surface area contributed by atoms with Crippen LogP contribution in [0.5, 0.6) is 0 Å². The maximum atomic E-state index is 13.9. The Morgan fingerprint density at radius 2 is 1.71 bits per heavy atom. The minimum atomic E-state index is -0.388. The molecule has 0 spiro atoms. The predicted molar refractivity (Wildman–Crippen MR) is 117 cm³/mol. The summed E-state index contributed by atoms with van der Waals surface area (Å²) in [5.74, 6) is -0.484. The number of aromatic nitrogens is 2. The summed E-state index contributed by atoms with van der Waals surface area (Å²) in [7, 11) is 0. The molecule has 1 heterocycles. The zero-order valence-electron chi connectivity index (χ0n) is 16.7. The molecule has 2 aromatic carbocycles. The fourth-order valence-electron chi connectivity index (χ4n) is 3.80. The molecule has 4 rings (SSSR count). The van der Waals surface area contributed by atoms with Crippen LogP contribution in [0.2, 0.25) is 5.02 Å². The van der Waals surface area contributed by atoms with E-state index in [1.54, 1.807) is 54.7 Å². The Kier molecular flexibility index (Phi) is 6.32. The van der Waals surface area contributed by atoms with Crippen LogP contribution in [0.15, 0.2) is 60.8 Å². The summed E-state index contributed by atoms with van der Waals surface area (Å²) in [6, 6.07) is 14.9. The molecule has 6 nitrogen and oxygen atoms in total. The Bertz CT molecular complexity index is 1090. The van der Waals surface area contributed by atoms with Gasteiger partial charge in [-0.05, 0) is 49.9 Å². The highest BCUT2D eigenvalue weighted by atomic mass is 35.5. The molecular weight excluding hydrogens is 419 g/mol. The van der Waals surface area contributed by atoms with Crippen LogP contribution in [0.25, 0.3) is 5.69 Å². The van der Waals surface area contributed by atoms with Crippen LogP contribution in [-0.4, -0.2) is 27.6 Å². The van der Waals surface area contributed by atoms with E-state index in [0.717, 1.165) is 0 Å². The Morgan fingerprint density at radius 3 is 2.45 bits per heavy atom. The number of nitrogens with one attached hydrogen (secondary N) is 2. The zero-order chi connectivity index (χ0) is 21.8. The van der Waals surface area contributed by atoms with Crippen LogP contribution in [-0.2, 0) is 4.79 Å². The lowest BCUT2D eigenvalue weighted by Crippen LogP contribution is -2.39. The molecule has 0 aliphatic heterocycles. The van der Waals surface area contributed by atoms with Crippen LogP contribution in [0.4, 0.5) is 10.2 Å². The lowest BCUT2D eigenvalue weighted by atomic mass is 9.85. The number of benzene rings is 2. The standard InChI is InChI=1S/C23H22ClFN4O2/c24-18-6-2-1-5-17(18)23(31)26-16-11-9-15(10-12-16)22(30)27-21-13-14-29(28-21)20-8-4-3-7-19(20)25/h1-8,13-16H,9-12H2,(H,26,31)(H,27,28,30)/t15-,16+. The minimum absolute atomic E-state index is 0.00749. The normalized spacial score (nSPS) is 18.4. The molecule has 160 valence electrons. The van der Waals surface area contributed by atoms with E-state index >= 15 is 0 Å². The number of carbonyl (C=O) groups is 2. The molecule has 0 radical (unpaired) electrons. The first kappa shape index (κ1) is 21.1. The number of nitrogens with zero attached hydrogens (tertiary/aromatic N) is 2. The van der Waals surface area contributed by atoms with Crippen molar-refractivity contribution in [2.24, 2.45) is 5.92 Å². The number of hydrogen-bond acceptors (Lipinski definition) is 3. The van der Waals surface area contributed by atoms with Crippen molar-refractivity contribution in [1.82, 2.24) is 15.1 Å². The number of rotatable bonds is 5. The van der Waals surface area contributed by atoms with Crippen LogP contribution < -0.4 is 10.6 Å². The van der Waals surface area contributed by atoms with Gasteiger partial charge in [0.15, 0.2) is 5.82 Å². The SMILES string of the molecule is O=C(N[C@H]1CC[C@@H](C(=O)Nc2ccn(-c3ccccc3F)n2)CC1)c1ccccc1Cl. The van der Waals surface area contributed by atoms with Crippen LogP contribution in [0.3, 0.4) is 0 Å². The highest BCUT2D eigenvalue weighted by molar-refractivity contribution is 6.33. The van der Waals surface area contributed by atoms with Crippen molar-refractivity contribution in [3.63, 3.8) is 0 Å². The predicted octanol–water partition coefficient (Wildman–Crippen LogP) is 4.59. The summed E-state index contributed by atoms with van der Waals surface area (Å²) < 4.78 is 15.3. The average molecular weight is 441 g/mol. The Morgan fingerprint density at radius 1 is 1.00 bits per heavy atom. The summed E-state index contributed by atoms with van der Waals surface area (Å²) in [6.45, 7) is 0. The van der Waals surface area contributed by atoms with Crippen molar-refractivity contribution in [2.45, 2.75) is 31.7 Å². The van der Waals surface area contributed by atoms with Gasteiger partial charge in [-0.1, -0.05) is 35.9 Å². The summed E-state index contributed by atoms with van der Waals surface area (Å²) in [5, 5.41) is 10.5. The molecule has 1 saturated carbocycles. The monoisotopic (exact) mass is 440 g/mol. The highest BCUT2D eigenvalue weighted by Gasteiger charge is 2.28. The van der Waals surface area contributed by atoms with Gasteiger partial charge in [0.25, 0.3) is 5.91 Å². The first-order valence-electron chi connectivity index (χ1n) is 10.2. The van der Waals surface area contributed by atoms with Crippen LogP contribution in [0, 0.1) is 11.7 Å². The lowest BCUT2D eigenvalue weighted by molar-refractivity contribution is -0.120. The van der Waals surface area contributed by atoms with E-state index in [1.165, 1.54) is 10.7 Å². The molecule has 2 amide bonds. The van der Waals surface area contributed by atoms with Gasteiger partial charge in [-0.3, -0.25) is 9.59 Å². The van der Waals surface area contributed by atoms with E-state index in [1.807, 2.05) is 0 Å². The molecule has 8 heteroatoms. The molecule has 1 aliphatic rings. The first-order chi connectivity index (χ1) is 15.0. The molecule has 0 saturated heterocycles. The van der Waals surface area contributed by atoms with E-state index in [2.05, 4.69) is 15.7 Å². The molecular formula is C23H22ClFN4O2. The van der Waals surface area contributed by atoms with Gasteiger partial charge in [0.2, 0.25) is 5.91 Å². The van der Waals surface area contributed by atoms with E-state index in [0.29, 0.717) is 47.8 Å². The molecule has 31 heavy (non-hydrogen) atoms. The fraction of sp³-hybridized carbons (Fsp3) is 0.261. The van der Waals surface area contributed by atoms with Gasteiger partial charge in [0.1, 0.15) is 11.5 Å². The van der Waals surface area contributed by atoms with Gasteiger partial charge >= 0.3 is 0 Å². The molecule has 3 aromatic rings. The summed E-state index contributed by atoms with van der Waals surface area (Å²) in [4.78, 5) is 25.1. The van der Waals surface area contributed by atoms with E-state index in [4.69, 9.17) is 11.6 Å². The number of para-hydroxylation sites is 1. The van der Waals surface area contributed by atoms with Crippen molar-refractivity contribution < 1.29 is 14.0 Å². The number of carbonyl (C=O) groups excluding carboxylic acids is 2. The highest BCUT2D eigenvalue weighted by Crippen LogP contribution is 2.26. The molecule has 0 bridgehead atoms. The summed E-state index contributed by atoms with van der Waals surface area (Å²) in [5.41, 5.74) is 0.771. The Balaban J connectivity index is 1.29. The van der Waals surface area contributed by atoms with Crippen molar-refractivity contribution >= 4 is 29.2 Å². The number of anilines is 1. The van der Waals surface area contributed by atoms with E-state index < -0.39 is 0 Å². The number of hydrogen-bond donors (Lipinski definition) is 2. The topological polar surface area (TPSA) is 76.0 Å². The van der Waals surface area contributed by atoms with Gasteiger partial charge in [0.05, 0.1) is 10.6 Å². The number of halogens is 2. The average Bonchev–Trinajstić information content (AvgIpc) is 3.23. The van der Waals surface area contributed by atoms with Crippen molar-refractivity contribution in [3.8, 4) is 5.69 Å². The van der Waals surface area contributed by atoms with Gasteiger partial charge in [-0.15, -0.1) is 5.10 Å². The second kappa shape index (κ2) is 9.31. The third-order valence-electron chi connectivity index (χ3n) is 5.49. The van der Waals surface area contributed by atoms with Gasteiger partial charge in [-0.25, -0.2) is 9.07 Å².